The Kier molecular flexibility index (Phi) is 4.86. The lowest BCUT2D eigenvalue weighted by Crippen LogP contribution is -2.25. The summed E-state index contributed by atoms with van der Waals surface area (Å²) in [5.74, 6) is -0.398. The van der Waals surface area contributed by atoms with Crippen LogP contribution in [0.4, 0.5) is 5.69 Å². The van der Waals surface area contributed by atoms with E-state index in [1.54, 1.807) is 12.1 Å². The summed E-state index contributed by atoms with van der Waals surface area (Å²) in [6, 6.07) is 7.33. The van der Waals surface area contributed by atoms with E-state index < -0.39 is 5.97 Å². The summed E-state index contributed by atoms with van der Waals surface area (Å²) in [6.45, 7) is 0.767. The molecule has 20 heavy (non-hydrogen) atoms. The molecule has 0 bridgehead atoms. The number of nitriles is 1. The molecule has 1 aromatic carbocycles. The van der Waals surface area contributed by atoms with Gasteiger partial charge in [-0.3, -0.25) is 4.79 Å². The van der Waals surface area contributed by atoms with Crippen molar-refractivity contribution in [3.63, 3.8) is 0 Å². The number of carbonyl (C=O) groups is 1. The van der Waals surface area contributed by atoms with Crippen molar-refractivity contribution < 1.29 is 9.90 Å². The van der Waals surface area contributed by atoms with Crippen LogP contribution >= 0.6 is 11.6 Å². The third kappa shape index (κ3) is 3.64. The third-order valence-electron chi connectivity index (χ3n) is 3.88. The molecule has 2 N–H and O–H groups in total. The molecule has 1 fully saturated rings. The number of halogens is 1. The minimum atomic E-state index is -0.680. The molecule has 106 valence electrons. The van der Waals surface area contributed by atoms with Crippen LogP contribution in [0.3, 0.4) is 0 Å². The largest absolute Gasteiger partial charge is 0.481 e. The van der Waals surface area contributed by atoms with E-state index >= 15 is 0 Å². The Balaban J connectivity index is 1.88. The molecule has 0 amide bonds. The molecule has 0 heterocycles. The Morgan fingerprint density at radius 2 is 2.10 bits per heavy atom. The lowest BCUT2D eigenvalue weighted by Gasteiger charge is -2.26. The minimum Gasteiger partial charge on any atom is -0.481 e. The van der Waals surface area contributed by atoms with Gasteiger partial charge in [-0.15, -0.1) is 0 Å². The van der Waals surface area contributed by atoms with Gasteiger partial charge in [-0.1, -0.05) is 11.6 Å². The second kappa shape index (κ2) is 6.62. The van der Waals surface area contributed by atoms with Crippen LogP contribution < -0.4 is 5.32 Å². The summed E-state index contributed by atoms with van der Waals surface area (Å²) in [4.78, 5) is 10.9. The smallest absolute Gasteiger partial charge is 0.306 e. The number of carboxylic acid groups (broad SMARTS) is 1. The van der Waals surface area contributed by atoms with Gasteiger partial charge >= 0.3 is 5.97 Å². The van der Waals surface area contributed by atoms with Crippen molar-refractivity contribution in [2.45, 2.75) is 25.7 Å². The highest BCUT2D eigenvalue weighted by Gasteiger charge is 2.25. The molecular weight excluding hydrogens is 276 g/mol. The van der Waals surface area contributed by atoms with Gasteiger partial charge in [0.2, 0.25) is 0 Å². The van der Waals surface area contributed by atoms with Crippen LogP contribution in [0.25, 0.3) is 0 Å². The van der Waals surface area contributed by atoms with Crippen LogP contribution in [0.1, 0.15) is 31.2 Å². The molecule has 0 aromatic heterocycles. The molecule has 0 atom stereocenters. The van der Waals surface area contributed by atoms with Crippen LogP contribution in [0.2, 0.25) is 5.02 Å². The van der Waals surface area contributed by atoms with E-state index in [9.17, 15) is 4.79 Å². The second-order valence-electron chi connectivity index (χ2n) is 5.24. The SMILES string of the molecule is N#Cc1cc(Cl)ccc1NCC1CCC(C(=O)O)CC1. The molecule has 1 saturated carbocycles. The monoisotopic (exact) mass is 292 g/mol. The Hall–Kier alpha value is -1.73. The molecule has 0 spiro atoms. The van der Waals surface area contributed by atoms with Crippen LogP contribution in [0.5, 0.6) is 0 Å². The van der Waals surface area contributed by atoms with Crippen LogP contribution in [-0.2, 0) is 4.79 Å². The van der Waals surface area contributed by atoms with Crippen LogP contribution in [-0.4, -0.2) is 17.6 Å². The second-order valence-corrected chi connectivity index (χ2v) is 5.67. The maximum Gasteiger partial charge on any atom is 0.306 e. The predicted molar refractivity (Wildman–Crippen MR) is 77.7 cm³/mol. The van der Waals surface area contributed by atoms with Gasteiger partial charge in [-0.05, 0) is 49.8 Å². The number of rotatable bonds is 4. The number of aliphatic carboxylic acids is 1. The number of nitrogens with one attached hydrogen (secondary N) is 1. The molecule has 5 heteroatoms. The maximum atomic E-state index is 10.9. The average molecular weight is 293 g/mol. The lowest BCUT2D eigenvalue weighted by atomic mass is 9.82. The highest BCUT2D eigenvalue weighted by Crippen LogP contribution is 2.29. The number of anilines is 1. The fraction of sp³-hybridized carbons (Fsp3) is 0.467. The standard InChI is InChI=1S/C15H17ClN2O2/c16-13-5-6-14(12(7-13)8-17)18-9-10-1-3-11(4-2-10)15(19)20/h5-7,10-11,18H,1-4,9H2,(H,19,20). The third-order valence-corrected chi connectivity index (χ3v) is 4.11. The first-order chi connectivity index (χ1) is 9.60. The highest BCUT2D eigenvalue weighted by atomic mass is 35.5. The first-order valence-corrected chi connectivity index (χ1v) is 7.14. The van der Waals surface area contributed by atoms with E-state index in [1.807, 2.05) is 6.07 Å². The van der Waals surface area contributed by atoms with Crippen molar-refractivity contribution in [1.82, 2.24) is 0 Å². The number of benzene rings is 1. The number of nitrogens with zero attached hydrogens (tertiary/aromatic N) is 1. The minimum absolute atomic E-state index is 0.184. The van der Waals surface area contributed by atoms with Crippen molar-refractivity contribution in [2.75, 3.05) is 11.9 Å². The Morgan fingerprint density at radius 3 is 2.70 bits per heavy atom. The summed E-state index contributed by atoms with van der Waals surface area (Å²) < 4.78 is 0. The van der Waals surface area contributed by atoms with Gasteiger partial charge in [0, 0.05) is 11.6 Å². The highest BCUT2D eigenvalue weighted by molar-refractivity contribution is 6.30. The van der Waals surface area contributed by atoms with E-state index in [-0.39, 0.29) is 5.92 Å². The molecule has 0 aliphatic heterocycles. The quantitative estimate of drug-likeness (QED) is 0.890. The summed E-state index contributed by atoms with van der Waals surface area (Å²) in [7, 11) is 0. The normalized spacial score (nSPS) is 22.0. The van der Waals surface area contributed by atoms with Gasteiger partial charge in [-0.25, -0.2) is 0 Å². The van der Waals surface area contributed by atoms with Crippen LogP contribution in [0, 0.1) is 23.2 Å². The van der Waals surface area contributed by atoms with Gasteiger partial charge in [-0.2, -0.15) is 5.26 Å². The fourth-order valence-corrected chi connectivity index (χ4v) is 2.80. The zero-order valence-electron chi connectivity index (χ0n) is 11.1. The van der Waals surface area contributed by atoms with E-state index in [0.717, 1.165) is 37.9 Å². The van der Waals surface area contributed by atoms with Crippen molar-refractivity contribution in [2.24, 2.45) is 11.8 Å². The maximum absolute atomic E-state index is 10.9. The molecule has 0 saturated heterocycles. The van der Waals surface area contributed by atoms with Crippen molar-refractivity contribution >= 4 is 23.3 Å². The molecule has 1 aliphatic carbocycles. The number of hydrogen-bond acceptors (Lipinski definition) is 3. The Labute approximate surface area is 123 Å². The van der Waals surface area contributed by atoms with E-state index in [1.165, 1.54) is 0 Å². The summed E-state index contributed by atoms with van der Waals surface area (Å²) in [5, 5.41) is 21.9. The molecule has 1 aliphatic rings. The molecule has 1 aromatic rings. The van der Waals surface area contributed by atoms with Gasteiger partial charge < -0.3 is 10.4 Å². The van der Waals surface area contributed by atoms with Crippen LogP contribution in [0.15, 0.2) is 18.2 Å². The molecular formula is C15H17ClN2O2. The zero-order valence-corrected chi connectivity index (χ0v) is 11.9. The predicted octanol–water partition coefficient (Wildman–Crippen LogP) is 3.51. The molecule has 0 unspecified atom stereocenters. The first-order valence-electron chi connectivity index (χ1n) is 6.76. The Bertz CT molecular complexity index is 531. The van der Waals surface area contributed by atoms with E-state index in [2.05, 4.69) is 11.4 Å². The van der Waals surface area contributed by atoms with Crippen molar-refractivity contribution in [3.05, 3.63) is 28.8 Å². The van der Waals surface area contributed by atoms with Gasteiger partial charge in [0.15, 0.2) is 0 Å². The van der Waals surface area contributed by atoms with Gasteiger partial charge in [0.05, 0.1) is 17.2 Å². The first kappa shape index (κ1) is 14.7. The number of carboxylic acids is 1. The summed E-state index contributed by atoms with van der Waals surface area (Å²) >= 11 is 5.86. The van der Waals surface area contributed by atoms with Gasteiger partial charge in [0.25, 0.3) is 0 Å². The van der Waals surface area contributed by atoms with Crippen molar-refractivity contribution in [3.8, 4) is 6.07 Å². The summed E-state index contributed by atoms with van der Waals surface area (Å²) in [5.41, 5.74) is 1.33. The van der Waals surface area contributed by atoms with E-state index in [4.69, 9.17) is 22.0 Å². The average Bonchev–Trinajstić information content (AvgIpc) is 2.46. The topological polar surface area (TPSA) is 73.1 Å². The summed E-state index contributed by atoms with van der Waals surface area (Å²) in [6.07, 6.45) is 3.32. The van der Waals surface area contributed by atoms with Crippen molar-refractivity contribution in [1.29, 1.82) is 5.26 Å². The lowest BCUT2D eigenvalue weighted by molar-refractivity contribution is -0.143. The zero-order chi connectivity index (χ0) is 14.5. The molecule has 4 nitrogen and oxygen atoms in total. The number of hydrogen-bond donors (Lipinski definition) is 2. The molecule has 0 radical (unpaired) electrons. The Morgan fingerprint density at radius 1 is 1.40 bits per heavy atom. The van der Waals surface area contributed by atoms with Gasteiger partial charge in [0.1, 0.15) is 6.07 Å². The van der Waals surface area contributed by atoms with E-state index in [0.29, 0.717) is 16.5 Å². The fourth-order valence-electron chi connectivity index (χ4n) is 2.63. The molecule has 2 rings (SSSR count).